The summed E-state index contributed by atoms with van der Waals surface area (Å²) >= 11 is 0.890. The Morgan fingerprint density at radius 2 is 1.77 bits per heavy atom. The first-order valence-electron chi connectivity index (χ1n) is 9.30. The zero-order valence-electron chi connectivity index (χ0n) is 16.9. The Balaban J connectivity index is 2.68. The second-order valence-electron chi connectivity index (χ2n) is 5.83. The Morgan fingerprint density at radius 1 is 1.13 bits per heavy atom. The first kappa shape index (κ1) is 25.0. The number of nitrogens with one attached hydrogen (secondary N) is 1. The van der Waals surface area contributed by atoms with E-state index in [4.69, 9.17) is 14.2 Å². The number of pyridine rings is 1. The Bertz CT molecular complexity index is 978. The van der Waals surface area contributed by atoms with E-state index in [-0.39, 0.29) is 17.4 Å². The van der Waals surface area contributed by atoms with Gasteiger partial charge in [-0.1, -0.05) is 0 Å². The third kappa shape index (κ3) is 5.89. The summed E-state index contributed by atoms with van der Waals surface area (Å²) in [5, 5.41) is -0.668. The van der Waals surface area contributed by atoms with Gasteiger partial charge in [0.1, 0.15) is 5.56 Å². The van der Waals surface area contributed by atoms with Gasteiger partial charge < -0.3 is 23.9 Å². The van der Waals surface area contributed by atoms with Crippen molar-refractivity contribution in [2.45, 2.75) is 38.7 Å². The molecule has 2 aromatic rings. The smallest absolute Gasteiger partial charge is 0.387 e. The number of benzene rings is 1. The van der Waals surface area contributed by atoms with Crippen molar-refractivity contribution >= 4 is 28.6 Å². The SMILES string of the molecule is CCOC(=O)c1c(SCC(OCC)OCC)[nH]c2c(OC(F)F)c(F)c(F)cc2c1=O. The van der Waals surface area contributed by atoms with Gasteiger partial charge >= 0.3 is 12.6 Å². The molecule has 0 aliphatic carbocycles. The number of carbonyl (C=O) groups excluding carboxylic acids is 1. The zero-order valence-corrected chi connectivity index (χ0v) is 17.7. The molecule has 7 nitrogen and oxygen atoms in total. The molecule has 0 atom stereocenters. The fraction of sp³-hybridized carbons (Fsp3) is 0.474. The number of rotatable bonds is 11. The minimum absolute atomic E-state index is 0.0571. The lowest BCUT2D eigenvalue weighted by Crippen LogP contribution is -2.23. The summed E-state index contributed by atoms with van der Waals surface area (Å²) in [6, 6.07) is 0.502. The van der Waals surface area contributed by atoms with E-state index in [2.05, 4.69) is 9.72 Å². The second kappa shape index (κ2) is 11.3. The van der Waals surface area contributed by atoms with E-state index in [9.17, 15) is 27.2 Å². The molecule has 0 spiro atoms. The molecule has 1 aromatic heterocycles. The summed E-state index contributed by atoms with van der Waals surface area (Å²) in [6.45, 7) is 2.10. The highest BCUT2D eigenvalue weighted by Gasteiger charge is 2.27. The lowest BCUT2D eigenvalue weighted by Gasteiger charge is -2.18. The minimum atomic E-state index is -3.48. The van der Waals surface area contributed by atoms with Crippen molar-refractivity contribution in [1.29, 1.82) is 0 Å². The van der Waals surface area contributed by atoms with Crippen LogP contribution in [-0.4, -0.2) is 49.4 Å². The number of alkyl halides is 2. The highest BCUT2D eigenvalue weighted by Crippen LogP contribution is 2.33. The molecule has 0 fully saturated rings. The number of esters is 1. The number of H-pyrrole nitrogens is 1. The zero-order chi connectivity index (χ0) is 23.1. The van der Waals surface area contributed by atoms with Crippen LogP contribution in [-0.2, 0) is 14.2 Å². The van der Waals surface area contributed by atoms with Gasteiger partial charge in [0.25, 0.3) is 0 Å². The first-order valence-corrected chi connectivity index (χ1v) is 10.3. The standard InChI is InChI=1S/C19H21F4NO6S/c1-4-27-11(28-5-2)8-31-17-12(18(26)29-6-3)15(25)9-7-10(20)13(21)16(14(9)24-17)30-19(22)23/h7,11,19H,4-6,8H2,1-3H3,(H,24,25). The summed E-state index contributed by atoms with van der Waals surface area (Å²) in [5.74, 6) is -5.39. The Kier molecular flexibility index (Phi) is 9.14. The van der Waals surface area contributed by atoms with Gasteiger partial charge in [-0.15, -0.1) is 11.8 Å². The van der Waals surface area contributed by atoms with Crippen LogP contribution in [0.3, 0.4) is 0 Å². The lowest BCUT2D eigenvalue weighted by molar-refractivity contribution is -0.120. The van der Waals surface area contributed by atoms with Crippen LogP contribution in [0.25, 0.3) is 10.9 Å². The van der Waals surface area contributed by atoms with Crippen molar-refractivity contribution in [2.24, 2.45) is 0 Å². The molecular formula is C19H21F4NO6S. The summed E-state index contributed by atoms with van der Waals surface area (Å²) in [4.78, 5) is 27.9. The van der Waals surface area contributed by atoms with Crippen LogP contribution < -0.4 is 10.2 Å². The molecule has 0 radical (unpaired) electrons. The van der Waals surface area contributed by atoms with E-state index < -0.39 is 58.1 Å². The van der Waals surface area contributed by atoms with E-state index in [1.54, 1.807) is 13.8 Å². The molecule has 0 amide bonds. The number of thioether (sulfide) groups is 1. The number of hydrogen-bond donors (Lipinski definition) is 1. The molecule has 0 saturated carbocycles. The van der Waals surface area contributed by atoms with Gasteiger partial charge in [-0.25, -0.2) is 9.18 Å². The van der Waals surface area contributed by atoms with Gasteiger partial charge in [0.2, 0.25) is 11.2 Å². The summed E-state index contributed by atoms with van der Waals surface area (Å²) in [6.07, 6.45) is -0.712. The summed E-state index contributed by atoms with van der Waals surface area (Å²) in [7, 11) is 0. The Hall–Kier alpha value is -2.31. The summed E-state index contributed by atoms with van der Waals surface area (Å²) < 4.78 is 73.4. The van der Waals surface area contributed by atoms with Crippen LogP contribution in [0.5, 0.6) is 5.75 Å². The van der Waals surface area contributed by atoms with Crippen molar-refractivity contribution in [3.05, 3.63) is 33.5 Å². The third-order valence-corrected chi connectivity index (χ3v) is 4.90. The molecule has 0 bridgehead atoms. The van der Waals surface area contributed by atoms with Gasteiger partial charge in [0.15, 0.2) is 17.9 Å². The largest absolute Gasteiger partial charge is 0.462 e. The molecule has 1 heterocycles. The maximum atomic E-state index is 14.2. The van der Waals surface area contributed by atoms with Crippen LogP contribution in [0, 0.1) is 11.6 Å². The molecular weight excluding hydrogens is 446 g/mol. The first-order chi connectivity index (χ1) is 14.7. The number of halogens is 4. The maximum Gasteiger partial charge on any atom is 0.387 e. The van der Waals surface area contributed by atoms with Crippen LogP contribution >= 0.6 is 11.8 Å². The Morgan fingerprint density at radius 3 is 2.32 bits per heavy atom. The van der Waals surface area contributed by atoms with Crippen molar-refractivity contribution in [3.8, 4) is 5.75 Å². The highest BCUT2D eigenvalue weighted by atomic mass is 32.2. The average Bonchev–Trinajstić information content (AvgIpc) is 2.70. The molecule has 1 N–H and O–H groups in total. The number of carbonyl (C=O) groups is 1. The number of hydrogen-bond acceptors (Lipinski definition) is 7. The maximum absolute atomic E-state index is 14.2. The molecule has 31 heavy (non-hydrogen) atoms. The van der Waals surface area contributed by atoms with Crippen LogP contribution in [0.2, 0.25) is 0 Å². The number of ether oxygens (including phenoxy) is 4. The number of aromatic nitrogens is 1. The van der Waals surface area contributed by atoms with E-state index in [0.29, 0.717) is 19.3 Å². The predicted octanol–water partition coefficient (Wildman–Crippen LogP) is 4.08. The van der Waals surface area contributed by atoms with E-state index in [1.807, 2.05) is 0 Å². The number of aromatic amines is 1. The molecule has 0 saturated heterocycles. The fourth-order valence-electron chi connectivity index (χ4n) is 2.68. The molecule has 0 unspecified atom stereocenters. The van der Waals surface area contributed by atoms with Crippen LogP contribution in [0.1, 0.15) is 31.1 Å². The molecule has 1 aromatic carbocycles. The molecule has 0 aliphatic heterocycles. The van der Waals surface area contributed by atoms with Gasteiger partial charge in [-0.2, -0.15) is 13.2 Å². The van der Waals surface area contributed by atoms with Gasteiger partial charge in [0.05, 0.1) is 28.3 Å². The quantitative estimate of drug-likeness (QED) is 0.231. The second-order valence-corrected chi connectivity index (χ2v) is 6.86. The van der Waals surface area contributed by atoms with Gasteiger partial charge in [0, 0.05) is 13.2 Å². The predicted molar refractivity (Wildman–Crippen MR) is 105 cm³/mol. The van der Waals surface area contributed by atoms with Crippen molar-refractivity contribution in [2.75, 3.05) is 25.6 Å². The third-order valence-electron chi connectivity index (χ3n) is 3.87. The van der Waals surface area contributed by atoms with Crippen LogP contribution in [0.15, 0.2) is 15.9 Å². The normalized spacial score (nSPS) is 11.5. The molecule has 2 rings (SSSR count). The van der Waals surface area contributed by atoms with Crippen molar-refractivity contribution < 1.29 is 41.3 Å². The molecule has 172 valence electrons. The van der Waals surface area contributed by atoms with Gasteiger partial charge in [-0.3, -0.25) is 4.79 Å². The monoisotopic (exact) mass is 467 g/mol. The Labute approximate surface area is 179 Å². The molecule has 12 heteroatoms. The van der Waals surface area contributed by atoms with Crippen molar-refractivity contribution in [3.63, 3.8) is 0 Å². The topological polar surface area (TPSA) is 86.8 Å². The lowest BCUT2D eigenvalue weighted by atomic mass is 10.1. The number of fused-ring (bicyclic) bond motifs is 1. The van der Waals surface area contributed by atoms with Gasteiger partial charge in [-0.05, 0) is 26.8 Å². The van der Waals surface area contributed by atoms with Crippen molar-refractivity contribution in [1.82, 2.24) is 4.98 Å². The average molecular weight is 467 g/mol. The van der Waals surface area contributed by atoms with Crippen LogP contribution in [0.4, 0.5) is 17.6 Å². The van der Waals surface area contributed by atoms with E-state index >= 15 is 0 Å². The highest BCUT2D eigenvalue weighted by molar-refractivity contribution is 7.99. The van der Waals surface area contributed by atoms with E-state index in [1.165, 1.54) is 6.92 Å². The minimum Gasteiger partial charge on any atom is -0.462 e. The molecule has 0 aliphatic rings. The van der Waals surface area contributed by atoms with E-state index in [0.717, 1.165) is 11.8 Å². The fourth-order valence-corrected chi connectivity index (χ4v) is 3.67. The summed E-state index contributed by atoms with van der Waals surface area (Å²) in [5.41, 5.74) is -2.04.